The molecule has 0 saturated heterocycles. The lowest BCUT2D eigenvalue weighted by Gasteiger charge is -2.10. The van der Waals surface area contributed by atoms with Crippen LogP contribution in [0.5, 0.6) is 0 Å². The molecule has 0 aliphatic heterocycles. The van der Waals surface area contributed by atoms with E-state index in [0.717, 1.165) is 16.8 Å². The van der Waals surface area contributed by atoms with Crippen LogP contribution in [0.1, 0.15) is 17.0 Å². The summed E-state index contributed by atoms with van der Waals surface area (Å²) in [6.07, 6.45) is 0. The Balaban J connectivity index is 1.96. The lowest BCUT2D eigenvalue weighted by Crippen LogP contribution is -2.15. The highest BCUT2D eigenvalue weighted by Crippen LogP contribution is 2.19. The van der Waals surface area contributed by atoms with Crippen LogP contribution >= 0.6 is 11.8 Å². The van der Waals surface area contributed by atoms with E-state index in [1.807, 2.05) is 39.1 Å². The van der Waals surface area contributed by atoms with E-state index in [4.69, 9.17) is 5.73 Å². The second-order valence-electron chi connectivity index (χ2n) is 4.75. The van der Waals surface area contributed by atoms with Crippen molar-refractivity contribution in [3.63, 3.8) is 0 Å². The molecule has 2 rings (SSSR count). The normalized spacial score (nSPS) is 10.7. The predicted molar refractivity (Wildman–Crippen MR) is 84.2 cm³/mol. The first-order valence-corrected chi connectivity index (χ1v) is 7.58. The number of aryl methyl sites for hydroxylation is 1. The summed E-state index contributed by atoms with van der Waals surface area (Å²) < 4.78 is 1.80. The maximum Gasteiger partial charge on any atom is 0.234 e. The lowest BCUT2D eigenvalue weighted by molar-refractivity contribution is -0.113. The molecule has 112 valence electrons. The number of benzene rings is 1. The molecule has 0 aliphatic carbocycles. The molecule has 0 saturated carbocycles. The highest BCUT2D eigenvalue weighted by Gasteiger charge is 2.11. The molecule has 1 aromatic carbocycles. The van der Waals surface area contributed by atoms with Crippen molar-refractivity contribution in [1.82, 2.24) is 14.8 Å². The van der Waals surface area contributed by atoms with Gasteiger partial charge in [-0.15, -0.1) is 10.2 Å². The van der Waals surface area contributed by atoms with Crippen molar-refractivity contribution in [2.24, 2.45) is 12.8 Å². The Hall–Kier alpha value is -1.86. The molecule has 0 unspecified atom stereocenters. The number of carbonyl (C=O) groups is 1. The van der Waals surface area contributed by atoms with E-state index in [9.17, 15) is 4.79 Å². The Morgan fingerprint density at radius 3 is 2.81 bits per heavy atom. The lowest BCUT2D eigenvalue weighted by atomic mass is 10.1. The number of amides is 1. The largest absolute Gasteiger partial charge is 0.325 e. The van der Waals surface area contributed by atoms with Crippen molar-refractivity contribution < 1.29 is 4.79 Å². The van der Waals surface area contributed by atoms with E-state index in [1.54, 1.807) is 4.57 Å². The second-order valence-corrected chi connectivity index (χ2v) is 5.69. The summed E-state index contributed by atoms with van der Waals surface area (Å²) in [6, 6.07) is 5.86. The van der Waals surface area contributed by atoms with Gasteiger partial charge in [0, 0.05) is 12.7 Å². The fourth-order valence-electron chi connectivity index (χ4n) is 1.85. The van der Waals surface area contributed by atoms with Crippen LogP contribution in [0.25, 0.3) is 0 Å². The summed E-state index contributed by atoms with van der Waals surface area (Å²) in [5, 5.41) is 11.6. The fraction of sp³-hybridized carbons (Fsp3) is 0.357. The van der Waals surface area contributed by atoms with Crippen LogP contribution in [0.4, 0.5) is 5.69 Å². The second kappa shape index (κ2) is 6.73. The summed E-state index contributed by atoms with van der Waals surface area (Å²) in [4.78, 5) is 12.0. The van der Waals surface area contributed by atoms with Crippen LogP contribution in [-0.2, 0) is 18.4 Å². The van der Waals surface area contributed by atoms with Gasteiger partial charge >= 0.3 is 0 Å². The average molecular weight is 305 g/mol. The first-order valence-electron chi connectivity index (χ1n) is 6.60. The molecule has 0 fully saturated rings. The van der Waals surface area contributed by atoms with E-state index in [2.05, 4.69) is 15.5 Å². The minimum absolute atomic E-state index is 0.0639. The predicted octanol–water partition coefficient (Wildman–Crippen LogP) is 1.62. The summed E-state index contributed by atoms with van der Waals surface area (Å²) in [6.45, 7) is 4.35. The van der Waals surface area contributed by atoms with Gasteiger partial charge in [-0.05, 0) is 31.0 Å². The highest BCUT2D eigenvalue weighted by atomic mass is 32.2. The van der Waals surface area contributed by atoms with Crippen molar-refractivity contribution in [3.8, 4) is 0 Å². The Kier molecular flexibility index (Phi) is 4.98. The van der Waals surface area contributed by atoms with E-state index in [1.165, 1.54) is 11.8 Å². The molecular weight excluding hydrogens is 286 g/mol. The van der Waals surface area contributed by atoms with Crippen molar-refractivity contribution >= 4 is 23.4 Å². The Labute approximate surface area is 128 Å². The number of hydrogen-bond acceptors (Lipinski definition) is 5. The Bertz CT molecular complexity index is 653. The van der Waals surface area contributed by atoms with Gasteiger partial charge in [-0.25, -0.2) is 0 Å². The third-order valence-electron chi connectivity index (χ3n) is 3.32. The van der Waals surface area contributed by atoms with E-state index >= 15 is 0 Å². The van der Waals surface area contributed by atoms with Gasteiger partial charge in [0.15, 0.2) is 5.16 Å². The number of aromatic nitrogens is 3. The van der Waals surface area contributed by atoms with Crippen LogP contribution in [0.2, 0.25) is 0 Å². The number of carbonyl (C=O) groups excluding carboxylic acids is 1. The zero-order chi connectivity index (χ0) is 15.4. The maximum atomic E-state index is 12.0. The first kappa shape index (κ1) is 15.5. The minimum atomic E-state index is -0.0639. The van der Waals surface area contributed by atoms with Gasteiger partial charge in [0.2, 0.25) is 5.91 Å². The molecule has 2 aromatic rings. The van der Waals surface area contributed by atoms with Crippen LogP contribution in [0, 0.1) is 13.8 Å². The van der Waals surface area contributed by atoms with Crippen LogP contribution in [-0.4, -0.2) is 26.4 Å². The summed E-state index contributed by atoms with van der Waals surface area (Å²) in [7, 11) is 1.84. The Morgan fingerprint density at radius 1 is 1.38 bits per heavy atom. The minimum Gasteiger partial charge on any atom is -0.325 e. The molecule has 1 heterocycles. The van der Waals surface area contributed by atoms with Crippen molar-refractivity contribution in [3.05, 3.63) is 35.2 Å². The molecule has 3 N–H and O–H groups in total. The number of nitrogens with zero attached hydrogens (tertiary/aromatic N) is 3. The molecule has 6 nitrogen and oxygen atoms in total. The molecule has 21 heavy (non-hydrogen) atoms. The summed E-state index contributed by atoms with van der Waals surface area (Å²) >= 11 is 1.34. The van der Waals surface area contributed by atoms with Gasteiger partial charge in [-0.2, -0.15) is 0 Å². The smallest absolute Gasteiger partial charge is 0.234 e. The molecule has 0 bridgehead atoms. The number of rotatable bonds is 5. The van der Waals surface area contributed by atoms with E-state index in [0.29, 0.717) is 17.5 Å². The third-order valence-corrected chi connectivity index (χ3v) is 4.34. The molecule has 0 atom stereocenters. The van der Waals surface area contributed by atoms with Crippen LogP contribution in [0.15, 0.2) is 23.4 Å². The molecular formula is C14H19N5OS. The maximum absolute atomic E-state index is 12.0. The quantitative estimate of drug-likeness (QED) is 0.820. The standard InChI is InChI=1S/C14H19N5OS/c1-9-5-4-6-11(10(9)2)16-13(20)8-21-14-18-17-12(7-15)19(14)3/h4-6H,7-8,15H2,1-3H3,(H,16,20). The number of nitrogens with two attached hydrogens (primary N) is 1. The number of thioether (sulfide) groups is 1. The molecule has 1 aromatic heterocycles. The van der Waals surface area contributed by atoms with Gasteiger partial charge in [0.1, 0.15) is 5.82 Å². The number of nitrogens with one attached hydrogen (secondary N) is 1. The zero-order valence-electron chi connectivity index (χ0n) is 12.4. The number of anilines is 1. The summed E-state index contributed by atoms with van der Waals surface area (Å²) in [5.74, 6) is 0.919. The summed E-state index contributed by atoms with van der Waals surface area (Å²) in [5.41, 5.74) is 8.63. The number of hydrogen-bond donors (Lipinski definition) is 2. The van der Waals surface area contributed by atoms with Crippen molar-refractivity contribution in [2.45, 2.75) is 25.5 Å². The van der Waals surface area contributed by atoms with Crippen molar-refractivity contribution in [2.75, 3.05) is 11.1 Å². The van der Waals surface area contributed by atoms with Gasteiger partial charge in [-0.3, -0.25) is 4.79 Å². The Morgan fingerprint density at radius 2 is 2.14 bits per heavy atom. The molecule has 0 spiro atoms. The topological polar surface area (TPSA) is 85.8 Å². The fourth-order valence-corrected chi connectivity index (χ4v) is 2.58. The third kappa shape index (κ3) is 3.62. The van der Waals surface area contributed by atoms with Gasteiger partial charge in [-0.1, -0.05) is 23.9 Å². The van der Waals surface area contributed by atoms with Gasteiger partial charge < -0.3 is 15.6 Å². The van der Waals surface area contributed by atoms with Crippen LogP contribution in [0.3, 0.4) is 0 Å². The van der Waals surface area contributed by atoms with Gasteiger partial charge in [0.25, 0.3) is 0 Å². The first-order chi connectivity index (χ1) is 10.0. The van der Waals surface area contributed by atoms with Crippen molar-refractivity contribution in [1.29, 1.82) is 0 Å². The van der Waals surface area contributed by atoms with E-state index < -0.39 is 0 Å². The molecule has 0 aliphatic rings. The SMILES string of the molecule is Cc1cccc(NC(=O)CSc2nnc(CN)n2C)c1C. The zero-order valence-corrected chi connectivity index (χ0v) is 13.2. The molecule has 7 heteroatoms. The average Bonchev–Trinajstić information content (AvgIpc) is 2.82. The van der Waals surface area contributed by atoms with E-state index in [-0.39, 0.29) is 11.7 Å². The molecule has 0 radical (unpaired) electrons. The highest BCUT2D eigenvalue weighted by molar-refractivity contribution is 7.99. The molecule has 1 amide bonds. The monoisotopic (exact) mass is 305 g/mol. The van der Waals surface area contributed by atoms with Crippen LogP contribution < -0.4 is 11.1 Å². The van der Waals surface area contributed by atoms with Gasteiger partial charge in [0.05, 0.1) is 12.3 Å².